The van der Waals surface area contributed by atoms with E-state index in [1.54, 1.807) is 18.2 Å². The predicted octanol–water partition coefficient (Wildman–Crippen LogP) is 2.80. The molecule has 0 atom stereocenters. The number of nitrogens with one attached hydrogen (secondary N) is 1. The largest absolute Gasteiger partial charge is 0.367 e. The molecule has 0 aliphatic carbocycles. The monoisotopic (exact) mass is 429 g/mol. The summed E-state index contributed by atoms with van der Waals surface area (Å²) in [6.07, 6.45) is 4.69. The molecule has 1 aliphatic rings. The number of nitrogens with two attached hydrogens (primary N) is 1. The fourth-order valence-electron chi connectivity index (χ4n) is 3.91. The van der Waals surface area contributed by atoms with Crippen LogP contribution in [0.25, 0.3) is 0 Å². The second-order valence-corrected chi connectivity index (χ2v) is 7.85. The Bertz CT molecular complexity index is 1080. The number of aromatic nitrogens is 1. The summed E-state index contributed by atoms with van der Waals surface area (Å²) < 4.78 is 0. The molecule has 4 rings (SSSR count). The first kappa shape index (κ1) is 21.5. The van der Waals surface area contributed by atoms with Crippen LogP contribution in [-0.2, 0) is 6.42 Å². The van der Waals surface area contributed by atoms with Gasteiger partial charge in [-0.3, -0.25) is 19.5 Å². The molecule has 32 heavy (non-hydrogen) atoms. The highest BCUT2D eigenvalue weighted by Gasteiger charge is 2.20. The summed E-state index contributed by atoms with van der Waals surface area (Å²) in [5.74, 6) is -0.821. The van der Waals surface area contributed by atoms with Crippen molar-refractivity contribution in [1.29, 1.82) is 0 Å². The molecular formula is C25H27N5O2. The predicted molar refractivity (Wildman–Crippen MR) is 126 cm³/mol. The number of amides is 2. The average molecular weight is 430 g/mol. The summed E-state index contributed by atoms with van der Waals surface area (Å²) in [5.41, 5.74) is 9.11. The van der Waals surface area contributed by atoms with Crippen LogP contribution in [-0.4, -0.2) is 54.4 Å². The molecule has 0 bridgehead atoms. The minimum absolute atomic E-state index is 0.267. The lowest BCUT2D eigenvalue weighted by molar-refractivity contribution is 0.1000. The molecule has 7 heteroatoms. The van der Waals surface area contributed by atoms with Gasteiger partial charge < -0.3 is 16.0 Å². The zero-order valence-corrected chi connectivity index (χ0v) is 17.9. The van der Waals surface area contributed by atoms with E-state index in [-0.39, 0.29) is 5.91 Å². The summed E-state index contributed by atoms with van der Waals surface area (Å²) in [7, 11) is 0. The molecule has 164 valence electrons. The molecule has 1 fully saturated rings. The van der Waals surface area contributed by atoms with Gasteiger partial charge in [-0.05, 0) is 54.4 Å². The number of carbonyl (C=O) groups is 2. The molecule has 2 heterocycles. The van der Waals surface area contributed by atoms with Gasteiger partial charge in [0.2, 0.25) is 5.91 Å². The van der Waals surface area contributed by atoms with Crippen LogP contribution in [0.3, 0.4) is 0 Å². The smallest absolute Gasteiger partial charge is 0.255 e. The van der Waals surface area contributed by atoms with Gasteiger partial charge in [0.05, 0.1) is 11.4 Å². The zero-order valence-electron chi connectivity index (χ0n) is 17.9. The minimum Gasteiger partial charge on any atom is -0.367 e. The molecule has 3 aromatic rings. The Hall–Kier alpha value is -3.71. The Morgan fingerprint density at radius 3 is 2.38 bits per heavy atom. The lowest BCUT2D eigenvalue weighted by atomic mass is 10.1. The van der Waals surface area contributed by atoms with Gasteiger partial charge in [-0.1, -0.05) is 18.2 Å². The van der Waals surface area contributed by atoms with Crippen molar-refractivity contribution in [2.24, 2.45) is 5.73 Å². The van der Waals surface area contributed by atoms with E-state index in [9.17, 15) is 9.59 Å². The molecule has 1 aliphatic heterocycles. The molecule has 1 saturated heterocycles. The third-order valence-corrected chi connectivity index (χ3v) is 5.74. The third kappa shape index (κ3) is 5.31. The normalized spacial score (nSPS) is 14.2. The minimum atomic E-state index is -0.554. The number of carbonyl (C=O) groups excluding carboxylic acids is 2. The van der Waals surface area contributed by atoms with Gasteiger partial charge in [-0.15, -0.1) is 0 Å². The van der Waals surface area contributed by atoms with E-state index in [4.69, 9.17) is 5.73 Å². The second kappa shape index (κ2) is 10.1. The van der Waals surface area contributed by atoms with Crippen LogP contribution in [0.2, 0.25) is 0 Å². The fourth-order valence-corrected chi connectivity index (χ4v) is 3.91. The summed E-state index contributed by atoms with van der Waals surface area (Å²) in [4.78, 5) is 33.1. The molecule has 3 N–H and O–H groups in total. The maximum atomic E-state index is 12.8. The van der Waals surface area contributed by atoms with Gasteiger partial charge in [0, 0.05) is 56.2 Å². The van der Waals surface area contributed by atoms with Crippen molar-refractivity contribution in [3.05, 3.63) is 89.7 Å². The van der Waals surface area contributed by atoms with Crippen molar-refractivity contribution in [3.8, 4) is 0 Å². The van der Waals surface area contributed by atoms with E-state index in [0.717, 1.165) is 50.5 Å². The molecule has 0 unspecified atom stereocenters. The maximum absolute atomic E-state index is 12.8. The van der Waals surface area contributed by atoms with Crippen LogP contribution in [0.15, 0.2) is 73.1 Å². The Kier molecular flexibility index (Phi) is 6.77. The number of para-hydroxylation sites is 2. The number of benzene rings is 2. The van der Waals surface area contributed by atoms with Gasteiger partial charge in [0.1, 0.15) is 0 Å². The second-order valence-electron chi connectivity index (χ2n) is 7.85. The van der Waals surface area contributed by atoms with Crippen molar-refractivity contribution >= 4 is 23.2 Å². The fraction of sp³-hybridized carbons (Fsp3) is 0.240. The number of pyridine rings is 1. The van der Waals surface area contributed by atoms with E-state index in [0.29, 0.717) is 11.1 Å². The Morgan fingerprint density at radius 1 is 0.906 bits per heavy atom. The SMILES string of the molecule is NC(=O)c1cccc(C(=O)Nc2ccccc2N2CCN(CCc3ccncc3)CC2)c1. The number of hydrogen-bond donors (Lipinski definition) is 2. The van der Waals surface area contributed by atoms with Gasteiger partial charge in [0.25, 0.3) is 5.91 Å². The topological polar surface area (TPSA) is 91.6 Å². The van der Waals surface area contributed by atoms with Gasteiger partial charge >= 0.3 is 0 Å². The highest BCUT2D eigenvalue weighted by Crippen LogP contribution is 2.27. The van der Waals surface area contributed by atoms with Gasteiger partial charge in [-0.25, -0.2) is 0 Å². The first-order valence-corrected chi connectivity index (χ1v) is 10.8. The summed E-state index contributed by atoms with van der Waals surface area (Å²) in [5, 5.41) is 3.00. The van der Waals surface area contributed by atoms with Crippen molar-refractivity contribution in [3.63, 3.8) is 0 Å². The van der Waals surface area contributed by atoms with Crippen LogP contribution in [0.1, 0.15) is 26.3 Å². The van der Waals surface area contributed by atoms with Crippen LogP contribution < -0.4 is 16.0 Å². The first-order chi connectivity index (χ1) is 15.6. The molecule has 2 amide bonds. The summed E-state index contributed by atoms with van der Waals surface area (Å²) in [6.45, 7) is 4.73. The molecule has 2 aromatic carbocycles. The van der Waals surface area contributed by atoms with Crippen molar-refractivity contribution < 1.29 is 9.59 Å². The van der Waals surface area contributed by atoms with E-state index < -0.39 is 5.91 Å². The van der Waals surface area contributed by atoms with Crippen LogP contribution >= 0.6 is 0 Å². The van der Waals surface area contributed by atoms with E-state index in [1.165, 1.54) is 11.6 Å². The molecular weight excluding hydrogens is 402 g/mol. The number of piperazine rings is 1. The Morgan fingerprint density at radius 2 is 1.62 bits per heavy atom. The lowest BCUT2D eigenvalue weighted by Crippen LogP contribution is -2.47. The van der Waals surface area contributed by atoms with E-state index in [1.807, 2.05) is 36.7 Å². The third-order valence-electron chi connectivity index (χ3n) is 5.74. The van der Waals surface area contributed by atoms with E-state index >= 15 is 0 Å². The highest BCUT2D eigenvalue weighted by molar-refractivity contribution is 6.07. The number of rotatable bonds is 7. The summed E-state index contributed by atoms with van der Waals surface area (Å²) in [6, 6.07) is 18.4. The van der Waals surface area contributed by atoms with Gasteiger partial charge in [0.15, 0.2) is 0 Å². The molecule has 0 spiro atoms. The average Bonchev–Trinajstić information content (AvgIpc) is 2.84. The first-order valence-electron chi connectivity index (χ1n) is 10.8. The van der Waals surface area contributed by atoms with Crippen molar-refractivity contribution in [2.45, 2.75) is 6.42 Å². The number of nitrogens with zero attached hydrogens (tertiary/aromatic N) is 3. The number of anilines is 2. The summed E-state index contributed by atoms with van der Waals surface area (Å²) >= 11 is 0. The van der Waals surface area contributed by atoms with Crippen LogP contribution in [0.4, 0.5) is 11.4 Å². The molecule has 7 nitrogen and oxygen atoms in total. The Balaban J connectivity index is 1.38. The lowest BCUT2D eigenvalue weighted by Gasteiger charge is -2.37. The standard InChI is InChI=1S/C25H27N5O2/c26-24(31)20-4-3-5-21(18-20)25(32)28-22-6-1-2-7-23(22)30-16-14-29(15-17-30)13-10-19-8-11-27-12-9-19/h1-9,11-12,18H,10,13-17H2,(H2,26,31)(H,28,32). The van der Waals surface area contributed by atoms with Gasteiger partial charge in [-0.2, -0.15) is 0 Å². The number of hydrogen-bond acceptors (Lipinski definition) is 5. The van der Waals surface area contributed by atoms with Crippen LogP contribution in [0.5, 0.6) is 0 Å². The molecule has 0 radical (unpaired) electrons. The number of primary amides is 1. The highest BCUT2D eigenvalue weighted by atomic mass is 16.2. The van der Waals surface area contributed by atoms with Crippen molar-refractivity contribution in [1.82, 2.24) is 9.88 Å². The van der Waals surface area contributed by atoms with Crippen molar-refractivity contribution in [2.75, 3.05) is 42.9 Å². The quantitative estimate of drug-likeness (QED) is 0.603. The molecule has 0 saturated carbocycles. The molecule has 1 aromatic heterocycles. The Labute approximate surface area is 187 Å². The maximum Gasteiger partial charge on any atom is 0.255 e. The van der Waals surface area contributed by atoms with Crippen LogP contribution in [0, 0.1) is 0 Å². The van der Waals surface area contributed by atoms with E-state index in [2.05, 4.69) is 32.2 Å². The zero-order chi connectivity index (χ0) is 22.3.